The Hall–Kier alpha value is -2.65. The lowest BCUT2D eigenvalue weighted by molar-refractivity contribution is -0.119. The first-order valence-electron chi connectivity index (χ1n) is 8.65. The van der Waals surface area contributed by atoms with E-state index < -0.39 is 28.3 Å². The van der Waals surface area contributed by atoms with Crippen LogP contribution in [0.25, 0.3) is 0 Å². The first-order chi connectivity index (χ1) is 13.4. The van der Waals surface area contributed by atoms with Crippen LogP contribution in [0.15, 0.2) is 53.4 Å². The van der Waals surface area contributed by atoms with Crippen LogP contribution in [0.1, 0.15) is 6.92 Å². The number of methoxy groups -OCH3 is 1. The summed E-state index contributed by atoms with van der Waals surface area (Å²) in [5, 5.41) is 2.58. The van der Waals surface area contributed by atoms with Gasteiger partial charge in [0.25, 0.3) is 10.0 Å². The van der Waals surface area contributed by atoms with Crippen molar-refractivity contribution in [1.82, 2.24) is 5.32 Å². The number of carbonyl (C=O) groups excluding carboxylic acids is 1. The number of rotatable bonds is 10. The van der Waals surface area contributed by atoms with Gasteiger partial charge in [0.1, 0.15) is 18.1 Å². The quantitative estimate of drug-likeness (QED) is 0.607. The van der Waals surface area contributed by atoms with E-state index in [1.54, 1.807) is 0 Å². The highest BCUT2D eigenvalue weighted by Gasteiger charge is 2.27. The third-order valence-electron chi connectivity index (χ3n) is 3.75. The second-order valence-electron chi connectivity index (χ2n) is 5.74. The predicted molar refractivity (Wildman–Crippen MR) is 103 cm³/mol. The highest BCUT2D eigenvalue weighted by atomic mass is 32.2. The highest BCUT2D eigenvalue weighted by molar-refractivity contribution is 7.92. The van der Waals surface area contributed by atoms with Crippen molar-refractivity contribution in [3.8, 4) is 5.75 Å². The minimum absolute atomic E-state index is 0.00929. The van der Waals surface area contributed by atoms with E-state index in [0.717, 1.165) is 16.4 Å². The van der Waals surface area contributed by atoms with Crippen LogP contribution in [0.2, 0.25) is 0 Å². The standard InChI is InChI=1S/C19H23FN2O5S/c1-3-27-17-8-10-18(11-9-17)28(24,25)22(14-19(23)21-12-13-26-2)16-6-4-15(20)5-7-16/h4-11H,3,12-14H2,1-2H3,(H,21,23). The third kappa shape index (κ3) is 5.67. The van der Waals surface area contributed by atoms with Gasteiger partial charge in [-0.15, -0.1) is 0 Å². The van der Waals surface area contributed by atoms with E-state index in [4.69, 9.17) is 9.47 Å². The van der Waals surface area contributed by atoms with Gasteiger partial charge in [0.2, 0.25) is 5.91 Å². The number of nitrogens with zero attached hydrogens (tertiary/aromatic N) is 1. The number of hydrogen-bond acceptors (Lipinski definition) is 5. The average molecular weight is 410 g/mol. The minimum Gasteiger partial charge on any atom is -0.494 e. The van der Waals surface area contributed by atoms with Gasteiger partial charge in [-0.25, -0.2) is 12.8 Å². The molecule has 0 spiro atoms. The van der Waals surface area contributed by atoms with E-state index >= 15 is 0 Å². The molecule has 0 aliphatic rings. The molecule has 0 fully saturated rings. The monoisotopic (exact) mass is 410 g/mol. The summed E-state index contributed by atoms with van der Waals surface area (Å²) in [4.78, 5) is 12.2. The van der Waals surface area contributed by atoms with E-state index in [-0.39, 0.29) is 17.1 Å². The molecule has 2 aromatic rings. The lowest BCUT2D eigenvalue weighted by atomic mass is 10.3. The van der Waals surface area contributed by atoms with Gasteiger partial charge in [-0.3, -0.25) is 9.10 Å². The van der Waals surface area contributed by atoms with Crippen molar-refractivity contribution in [2.75, 3.05) is 37.7 Å². The van der Waals surface area contributed by atoms with Gasteiger partial charge >= 0.3 is 0 Å². The maximum atomic E-state index is 13.3. The fourth-order valence-corrected chi connectivity index (χ4v) is 3.82. The number of anilines is 1. The fraction of sp³-hybridized carbons (Fsp3) is 0.316. The molecule has 0 saturated heterocycles. The third-order valence-corrected chi connectivity index (χ3v) is 5.54. The zero-order chi connectivity index (χ0) is 20.6. The second kappa shape index (κ2) is 10.0. The van der Waals surface area contributed by atoms with Crippen LogP contribution in [-0.2, 0) is 19.6 Å². The Morgan fingerprint density at radius 1 is 1.11 bits per heavy atom. The number of nitrogens with one attached hydrogen (secondary N) is 1. The Kier molecular flexibility index (Phi) is 7.77. The SMILES string of the molecule is CCOc1ccc(S(=O)(=O)N(CC(=O)NCCOC)c2ccc(F)cc2)cc1. The molecule has 0 bridgehead atoms. The van der Waals surface area contributed by atoms with Crippen molar-refractivity contribution >= 4 is 21.6 Å². The summed E-state index contributed by atoms with van der Waals surface area (Å²) in [6.07, 6.45) is 0. The molecule has 9 heteroatoms. The molecule has 0 aliphatic carbocycles. The molecule has 28 heavy (non-hydrogen) atoms. The van der Waals surface area contributed by atoms with Gasteiger partial charge in [0, 0.05) is 13.7 Å². The molecule has 2 rings (SSSR count). The second-order valence-corrected chi connectivity index (χ2v) is 7.60. The Labute approximate surface area is 164 Å². The van der Waals surface area contributed by atoms with Gasteiger partial charge in [-0.05, 0) is 55.5 Å². The summed E-state index contributed by atoms with van der Waals surface area (Å²) in [5.74, 6) is -0.477. The lowest BCUT2D eigenvalue weighted by Gasteiger charge is -2.24. The van der Waals surface area contributed by atoms with Crippen molar-refractivity contribution in [2.45, 2.75) is 11.8 Å². The molecule has 7 nitrogen and oxygen atoms in total. The normalized spacial score (nSPS) is 11.1. The zero-order valence-electron chi connectivity index (χ0n) is 15.7. The molecule has 0 aliphatic heterocycles. The number of amides is 1. The fourth-order valence-electron chi connectivity index (χ4n) is 2.40. The molecule has 2 aromatic carbocycles. The first-order valence-corrected chi connectivity index (χ1v) is 10.1. The molecule has 1 amide bonds. The number of sulfonamides is 1. The summed E-state index contributed by atoms with van der Waals surface area (Å²) in [5.41, 5.74) is 0.178. The van der Waals surface area contributed by atoms with Crippen LogP contribution >= 0.6 is 0 Å². The smallest absolute Gasteiger partial charge is 0.264 e. The summed E-state index contributed by atoms with van der Waals surface area (Å²) >= 11 is 0. The van der Waals surface area contributed by atoms with Crippen molar-refractivity contribution in [2.24, 2.45) is 0 Å². The van der Waals surface area contributed by atoms with Crippen LogP contribution in [0.4, 0.5) is 10.1 Å². The molecule has 0 saturated carbocycles. The lowest BCUT2D eigenvalue weighted by Crippen LogP contribution is -2.41. The Balaban J connectivity index is 2.33. The molecule has 152 valence electrons. The molecular weight excluding hydrogens is 387 g/mol. The van der Waals surface area contributed by atoms with E-state index in [1.165, 1.54) is 43.5 Å². The van der Waals surface area contributed by atoms with Crippen LogP contribution < -0.4 is 14.4 Å². The van der Waals surface area contributed by atoms with Gasteiger partial charge in [0.05, 0.1) is 23.8 Å². The van der Waals surface area contributed by atoms with Crippen LogP contribution in [0.3, 0.4) is 0 Å². The summed E-state index contributed by atoms with van der Waals surface area (Å²) < 4.78 is 50.7. The number of hydrogen-bond donors (Lipinski definition) is 1. The zero-order valence-corrected chi connectivity index (χ0v) is 16.5. The molecule has 0 radical (unpaired) electrons. The van der Waals surface area contributed by atoms with E-state index in [9.17, 15) is 17.6 Å². The molecule has 0 unspecified atom stereocenters. The maximum absolute atomic E-state index is 13.3. The maximum Gasteiger partial charge on any atom is 0.264 e. The number of carbonyl (C=O) groups is 1. The largest absolute Gasteiger partial charge is 0.494 e. The first kappa shape index (κ1) is 21.6. The summed E-state index contributed by atoms with van der Waals surface area (Å²) in [7, 11) is -2.57. The van der Waals surface area contributed by atoms with E-state index in [2.05, 4.69) is 5.32 Å². The van der Waals surface area contributed by atoms with Crippen LogP contribution in [-0.4, -0.2) is 47.7 Å². The van der Waals surface area contributed by atoms with Gasteiger partial charge < -0.3 is 14.8 Å². The summed E-state index contributed by atoms with van der Waals surface area (Å²) in [6, 6.07) is 10.8. The van der Waals surface area contributed by atoms with Gasteiger partial charge in [0.15, 0.2) is 0 Å². The van der Waals surface area contributed by atoms with Crippen molar-refractivity contribution < 1.29 is 27.1 Å². The Bertz CT molecular complexity index is 870. The molecule has 0 heterocycles. The Morgan fingerprint density at radius 3 is 2.32 bits per heavy atom. The van der Waals surface area contributed by atoms with Gasteiger partial charge in [-0.2, -0.15) is 0 Å². The van der Waals surface area contributed by atoms with E-state index in [1.807, 2.05) is 6.92 Å². The topological polar surface area (TPSA) is 84.9 Å². The Morgan fingerprint density at radius 2 is 1.75 bits per heavy atom. The minimum atomic E-state index is -4.06. The van der Waals surface area contributed by atoms with Crippen molar-refractivity contribution in [3.05, 3.63) is 54.3 Å². The van der Waals surface area contributed by atoms with Crippen LogP contribution in [0, 0.1) is 5.82 Å². The van der Waals surface area contributed by atoms with Crippen molar-refractivity contribution in [3.63, 3.8) is 0 Å². The highest BCUT2D eigenvalue weighted by Crippen LogP contribution is 2.25. The van der Waals surface area contributed by atoms with Gasteiger partial charge in [-0.1, -0.05) is 0 Å². The van der Waals surface area contributed by atoms with Crippen molar-refractivity contribution in [1.29, 1.82) is 0 Å². The number of benzene rings is 2. The molecule has 0 atom stereocenters. The number of ether oxygens (including phenoxy) is 2. The number of halogens is 1. The summed E-state index contributed by atoms with van der Waals surface area (Å²) in [6.45, 7) is 2.37. The predicted octanol–water partition coefficient (Wildman–Crippen LogP) is 2.18. The molecular formula is C19H23FN2O5S. The van der Waals surface area contributed by atoms with Crippen LogP contribution in [0.5, 0.6) is 5.75 Å². The molecule has 1 N–H and O–H groups in total. The average Bonchev–Trinajstić information content (AvgIpc) is 2.68. The molecule has 0 aromatic heterocycles. The van der Waals surface area contributed by atoms with E-state index in [0.29, 0.717) is 19.0 Å².